The third kappa shape index (κ3) is 3.06. The Labute approximate surface area is 171 Å². The summed E-state index contributed by atoms with van der Waals surface area (Å²) in [6, 6.07) is 0. The van der Waals surface area contributed by atoms with E-state index in [4.69, 9.17) is 4.74 Å². The number of carbonyl (C=O) groups is 2. The zero-order valence-electron chi connectivity index (χ0n) is 18.6. The van der Waals surface area contributed by atoms with Crippen molar-refractivity contribution in [3.05, 3.63) is 0 Å². The summed E-state index contributed by atoms with van der Waals surface area (Å²) in [7, 11) is 0. The van der Waals surface area contributed by atoms with Gasteiger partial charge in [-0.25, -0.2) is 0 Å². The van der Waals surface area contributed by atoms with Gasteiger partial charge in [-0.05, 0) is 99.2 Å². The summed E-state index contributed by atoms with van der Waals surface area (Å²) < 4.78 is 5.83. The summed E-state index contributed by atoms with van der Waals surface area (Å²) in [5.41, 5.74) is 0.652. The van der Waals surface area contributed by atoms with Crippen LogP contribution in [-0.2, 0) is 14.3 Å². The van der Waals surface area contributed by atoms with E-state index in [-0.39, 0.29) is 23.4 Å². The molecule has 0 N–H and O–H groups in total. The van der Waals surface area contributed by atoms with Crippen LogP contribution in [0.5, 0.6) is 0 Å². The van der Waals surface area contributed by atoms with Crippen LogP contribution in [0, 0.1) is 46.3 Å². The number of Topliss-reactive ketones (excluding diaryl/α,β-unsaturated/α-hetero) is 1. The largest absolute Gasteiger partial charge is 0.462 e. The van der Waals surface area contributed by atoms with E-state index >= 15 is 0 Å². The van der Waals surface area contributed by atoms with Crippen molar-refractivity contribution >= 4 is 11.8 Å². The van der Waals surface area contributed by atoms with E-state index in [1.165, 1.54) is 38.5 Å². The van der Waals surface area contributed by atoms with Gasteiger partial charge in [-0.15, -0.1) is 0 Å². The molecule has 0 saturated heterocycles. The van der Waals surface area contributed by atoms with Gasteiger partial charge in [0.1, 0.15) is 11.9 Å². The second-order valence-corrected chi connectivity index (χ2v) is 11.4. The Balaban J connectivity index is 1.49. The molecule has 4 aliphatic carbocycles. The number of ketones is 1. The maximum Gasteiger partial charge on any atom is 0.308 e. The highest BCUT2D eigenvalue weighted by Crippen LogP contribution is 2.67. The van der Waals surface area contributed by atoms with Crippen LogP contribution < -0.4 is 0 Å². The number of ether oxygens (including phenoxy) is 1. The SMILES string of the molecule is CC(=O)[C@H]1CC[C@H]2[C@@H]3CCC4CC(OC(=O)C(C)C)CC[C@]4(C)[C@H]3CC[C@]12C. The van der Waals surface area contributed by atoms with Crippen LogP contribution >= 0.6 is 0 Å². The van der Waals surface area contributed by atoms with Gasteiger partial charge in [-0.2, -0.15) is 0 Å². The van der Waals surface area contributed by atoms with E-state index in [9.17, 15) is 9.59 Å². The molecule has 3 heteroatoms. The smallest absolute Gasteiger partial charge is 0.308 e. The predicted molar refractivity (Wildman–Crippen MR) is 111 cm³/mol. The number of esters is 1. The van der Waals surface area contributed by atoms with Crippen molar-refractivity contribution in [3.8, 4) is 0 Å². The molecule has 8 atom stereocenters. The molecule has 3 nitrogen and oxygen atoms in total. The van der Waals surface area contributed by atoms with Crippen LogP contribution in [0.3, 0.4) is 0 Å². The lowest BCUT2D eigenvalue weighted by Crippen LogP contribution is -2.54. The molecular formula is C25H40O3. The maximum atomic E-state index is 12.3. The molecule has 0 aromatic rings. The molecule has 0 aliphatic heterocycles. The number of hydrogen-bond acceptors (Lipinski definition) is 3. The molecule has 4 aliphatic rings. The molecule has 0 heterocycles. The summed E-state index contributed by atoms with van der Waals surface area (Å²) in [6.07, 6.45) is 10.9. The Hall–Kier alpha value is -0.860. The summed E-state index contributed by atoms with van der Waals surface area (Å²) in [4.78, 5) is 24.4. The van der Waals surface area contributed by atoms with Crippen molar-refractivity contribution in [2.45, 2.75) is 98.5 Å². The molecule has 4 fully saturated rings. The van der Waals surface area contributed by atoms with E-state index in [2.05, 4.69) is 13.8 Å². The fraction of sp³-hybridized carbons (Fsp3) is 0.920. The third-order valence-corrected chi connectivity index (χ3v) is 9.86. The lowest BCUT2D eigenvalue weighted by atomic mass is 9.44. The second-order valence-electron chi connectivity index (χ2n) is 11.4. The highest BCUT2D eigenvalue weighted by atomic mass is 16.5. The van der Waals surface area contributed by atoms with Crippen molar-refractivity contribution in [2.75, 3.05) is 0 Å². The number of hydrogen-bond donors (Lipinski definition) is 0. The first-order chi connectivity index (χ1) is 13.2. The average Bonchev–Trinajstić information content (AvgIpc) is 2.99. The minimum atomic E-state index is -0.0309. The fourth-order valence-electron chi connectivity index (χ4n) is 8.29. The Morgan fingerprint density at radius 3 is 2.25 bits per heavy atom. The monoisotopic (exact) mass is 388 g/mol. The van der Waals surface area contributed by atoms with Gasteiger partial charge in [0, 0.05) is 5.92 Å². The summed E-state index contributed by atoms with van der Waals surface area (Å²) in [5, 5.41) is 0. The Bertz CT molecular complexity index is 640. The standard InChI is InChI=1S/C25H40O3/c1-15(2)23(27)28-18-10-12-24(4)17(14-18)6-7-19-21-9-8-20(16(3)26)25(21,5)13-11-22(19)24/h15,17-22H,6-14H2,1-5H3/t17?,18?,19-,20+,21-,22-,24-,25+/m0/s1. The number of carbonyl (C=O) groups excluding carboxylic acids is 2. The van der Waals surface area contributed by atoms with Gasteiger partial charge in [0.15, 0.2) is 0 Å². The van der Waals surface area contributed by atoms with Gasteiger partial charge in [0.25, 0.3) is 0 Å². The summed E-state index contributed by atoms with van der Waals surface area (Å²) >= 11 is 0. The van der Waals surface area contributed by atoms with Gasteiger partial charge < -0.3 is 4.74 Å². The van der Waals surface area contributed by atoms with Crippen molar-refractivity contribution in [2.24, 2.45) is 46.3 Å². The van der Waals surface area contributed by atoms with Crippen LogP contribution in [-0.4, -0.2) is 17.9 Å². The first kappa shape index (κ1) is 20.4. The predicted octanol–water partition coefficient (Wildman–Crippen LogP) is 5.80. The van der Waals surface area contributed by atoms with E-state index < -0.39 is 0 Å². The van der Waals surface area contributed by atoms with Gasteiger partial charge in [-0.3, -0.25) is 9.59 Å². The van der Waals surface area contributed by atoms with E-state index in [1.54, 1.807) is 0 Å². The van der Waals surface area contributed by atoms with Crippen LogP contribution in [0.15, 0.2) is 0 Å². The molecule has 28 heavy (non-hydrogen) atoms. The first-order valence-electron chi connectivity index (χ1n) is 11.9. The van der Waals surface area contributed by atoms with Crippen LogP contribution in [0.2, 0.25) is 0 Å². The fourth-order valence-corrected chi connectivity index (χ4v) is 8.29. The Kier molecular flexibility index (Phi) is 5.20. The van der Waals surface area contributed by atoms with Crippen molar-refractivity contribution in [1.29, 1.82) is 0 Å². The third-order valence-electron chi connectivity index (χ3n) is 9.86. The molecule has 158 valence electrons. The lowest BCUT2D eigenvalue weighted by Gasteiger charge is -2.61. The molecule has 0 bridgehead atoms. The van der Waals surface area contributed by atoms with Gasteiger partial charge in [-0.1, -0.05) is 27.7 Å². The highest BCUT2D eigenvalue weighted by Gasteiger charge is 2.60. The van der Waals surface area contributed by atoms with Crippen LogP contribution in [0.25, 0.3) is 0 Å². The zero-order valence-corrected chi connectivity index (χ0v) is 18.6. The minimum Gasteiger partial charge on any atom is -0.462 e. The lowest BCUT2D eigenvalue weighted by molar-refractivity contribution is -0.166. The zero-order chi connectivity index (χ0) is 20.3. The van der Waals surface area contributed by atoms with Gasteiger partial charge in [0.05, 0.1) is 5.92 Å². The van der Waals surface area contributed by atoms with E-state index in [0.717, 1.165) is 37.0 Å². The summed E-state index contributed by atoms with van der Waals surface area (Å²) in [6.45, 7) is 10.7. The second kappa shape index (κ2) is 7.13. The normalized spacial score (nSPS) is 47.8. The molecule has 0 radical (unpaired) electrons. The highest BCUT2D eigenvalue weighted by molar-refractivity contribution is 5.79. The molecule has 0 amide bonds. The molecule has 0 aromatic heterocycles. The van der Waals surface area contributed by atoms with Gasteiger partial charge >= 0.3 is 5.97 Å². The topological polar surface area (TPSA) is 43.4 Å². The molecule has 0 aromatic carbocycles. The molecule has 4 rings (SSSR count). The number of fused-ring (bicyclic) bond motifs is 5. The quantitative estimate of drug-likeness (QED) is 0.574. The van der Waals surface area contributed by atoms with E-state index in [0.29, 0.717) is 23.0 Å². The maximum absolute atomic E-state index is 12.3. The number of rotatable bonds is 3. The van der Waals surface area contributed by atoms with Gasteiger partial charge in [0.2, 0.25) is 0 Å². The minimum absolute atomic E-state index is 0.0306. The van der Waals surface area contributed by atoms with Crippen LogP contribution in [0.1, 0.15) is 92.4 Å². The van der Waals surface area contributed by atoms with Crippen molar-refractivity contribution in [1.82, 2.24) is 0 Å². The average molecular weight is 389 g/mol. The molecular weight excluding hydrogens is 348 g/mol. The van der Waals surface area contributed by atoms with Crippen molar-refractivity contribution in [3.63, 3.8) is 0 Å². The Morgan fingerprint density at radius 2 is 1.57 bits per heavy atom. The van der Waals surface area contributed by atoms with Crippen molar-refractivity contribution < 1.29 is 14.3 Å². The Morgan fingerprint density at radius 1 is 0.893 bits per heavy atom. The van der Waals surface area contributed by atoms with Crippen LogP contribution in [0.4, 0.5) is 0 Å². The van der Waals surface area contributed by atoms with E-state index in [1.807, 2.05) is 20.8 Å². The molecule has 4 saturated carbocycles. The molecule has 2 unspecified atom stereocenters. The first-order valence-corrected chi connectivity index (χ1v) is 11.9. The summed E-state index contributed by atoms with van der Waals surface area (Å²) in [5.74, 6) is 3.71. The molecule has 0 spiro atoms.